The van der Waals surface area contributed by atoms with E-state index in [2.05, 4.69) is 48.7 Å². The van der Waals surface area contributed by atoms with Crippen molar-refractivity contribution in [2.24, 2.45) is 0 Å². The van der Waals surface area contributed by atoms with Gasteiger partial charge in [-0.2, -0.15) is 16.8 Å². The van der Waals surface area contributed by atoms with Crippen LogP contribution in [0.3, 0.4) is 0 Å². The van der Waals surface area contributed by atoms with Crippen molar-refractivity contribution in [3.63, 3.8) is 0 Å². The third-order valence-electron chi connectivity index (χ3n) is 2.31. The number of nitrogens with one attached hydrogen (secondary N) is 2. The normalized spacial score (nSPS) is 9.21. The fourth-order valence-electron chi connectivity index (χ4n) is 1.52. The monoisotopic (exact) mass is 596 g/mol. The molecular weight excluding hydrogens is 571 g/mol. The Morgan fingerprint density at radius 3 is 1.00 bits per heavy atom. The van der Waals surface area contributed by atoms with Crippen molar-refractivity contribution < 1.29 is 151 Å². The quantitative estimate of drug-likeness (QED) is 0.112. The van der Waals surface area contributed by atoms with Crippen molar-refractivity contribution in [3.8, 4) is 0 Å². The molecule has 0 spiro atoms. The summed E-state index contributed by atoms with van der Waals surface area (Å²) in [5.41, 5.74) is 2.39. The summed E-state index contributed by atoms with van der Waals surface area (Å²) >= 11 is -3.11. The Hall–Kier alpha value is 1.12. The summed E-state index contributed by atoms with van der Waals surface area (Å²) in [6.45, 7) is 6.16. The molecule has 186 valence electrons. The number of benzene rings is 2. The van der Waals surface area contributed by atoms with E-state index in [0.29, 0.717) is 0 Å². The molecular formula is C16H26K2N2O11S3. The van der Waals surface area contributed by atoms with Gasteiger partial charge in [-0.1, -0.05) is 36.4 Å². The average molecular weight is 597 g/mol. The molecule has 13 nitrogen and oxygen atoms in total. The van der Waals surface area contributed by atoms with E-state index in [4.69, 9.17) is 48.4 Å². The van der Waals surface area contributed by atoms with Gasteiger partial charge >= 0.3 is 124 Å². The zero-order valence-electron chi connectivity index (χ0n) is 19.1. The molecule has 18 heteroatoms. The molecule has 0 amide bonds. The first-order chi connectivity index (χ1) is 14.6. The number of hydrogen-bond donors (Lipinski definition) is 6. The van der Waals surface area contributed by atoms with Gasteiger partial charge in [0.15, 0.2) is 0 Å². The van der Waals surface area contributed by atoms with Gasteiger partial charge in [0.2, 0.25) is 0 Å². The van der Waals surface area contributed by atoms with Gasteiger partial charge in [-0.25, -0.2) is 0 Å². The minimum absolute atomic E-state index is 0. The Morgan fingerprint density at radius 1 is 0.676 bits per heavy atom. The standard InChI is InChI=1S/2C8H11N.2K.2H2O4S.H2O3S/c2*1-2-9-8-6-4-3-5-7-8;;;2*1-5(2,3)4;1-4(2)3/h2*3-7,9H,2H2,1H3;;;2*(H2,1,2,3,4);(H2,1,2,3)/q;;2*+1;;;/p-2. The Kier molecular flexibility index (Phi) is 38.0. The van der Waals surface area contributed by atoms with Gasteiger partial charge in [0.25, 0.3) is 0 Å². The van der Waals surface area contributed by atoms with E-state index in [1.807, 2.05) is 36.4 Å². The van der Waals surface area contributed by atoms with Crippen LogP contribution in [0.4, 0.5) is 11.4 Å². The minimum atomic E-state index is -4.67. The van der Waals surface area contributed by atoms with Crippen molar-refractivity contribution in [3.05, 3.63) is 60.7 Å². The molecule has 0 aliphatic carbocycles. The second-order valence-corrected chi connectivity index (χ2v) is 7.09. The van der Waals surface area contributed by atoms with Crippen molar-refractivity contribution in [1.82, 2.24) is 0 Å². The van der Waals surface area contributed by atoms with Crippen LogP contribution in [0, 0.1) is 0 Å². The molecule has 0 aliphatic rings. The minimum Gasteiger partial charge on any atom is -0.784 e. The molecule has 0 atom stereocenters. The maximum atomic E-state index is 8.74. The molecule has 0 saturated carbocycles. The number of rotatable bonds is 4. The van der Waals surface area contributed by atoms with E-state index < -0.39 is 32.2 Å². The van der Waals surface area contributed by atoms with Gasteiger partial charge in [-0.3, -0.25) is 22.4 Å². The van der Waals surface area contributed by atoms with Crippen LogP contribution in [0.5, 0.6) is 0 Å². The summed E-state index contributed by atoms with van der Waals surface area (Å²) in [5.74, 6) is 0. The third-order valence-corrected chi connectivity index (χ3v) is 2.31. The molecule has 6 N–H and O–H groups in total. The van der Waals surface area contributed by atoms with Gasteiger partial charge in [0, 0.05) is 24.5 Å². The summed E-state index contributed by atoms with van der Waals surface area (Å²) in [4.78, 5) is 0. The van der Waals surface area contributed by atoms with Gasteiger partial charge in [0.05, 0.1) is 0 Å². The molecule has 2 aromatic rings. The summed E-state index contributed by atoms with van der Waals surface area (Å²) < 4.78 is 88.5. The number of anilines is 2. The average Bonchev–Trinajstić information content (AvgIpc) is 2.61. The summed E-state index contributed by atoms with van der Waals surface area (Å²) in [6, 6.07) is 20.4. The molecule has 0 aromatic heterocycles. The van der Waals surface area contributed by atoms with Crippen LogP contribution in [-0.2, 0) is 32.2 Å². The van der Waals surface area contributed by atoms with Crippen molar-refractivity contribution in [2.45, 2.75) is 13.8 Å². The smallest absolute Gasteiger partial charge is 0.784 e. The van der Waals surface area contributed by atoms with Crippen LogP contribution in [0.15, 0.2) is 60.7 Å². The van der Waals surface area contributed by atoms with E-state index in [0.717, 1.165) is 13.1 Å². The van der Waals surface area contributed by atoms with Crippen LogP contribution in [-0.4, -0.2) is 61.5 Å². The van der Waals surface area contributed by atoms with Gasteiger partial charge in [0.1, 0.15) is 0 Å². The zero-order chi connectivity index (χ0) is 25.6. The zero-order valence-corrected chi connectivity index (χ0v) is 27.8. The molecule has 34 heavy (non-hydrogen) atoms. The molecule has 2 rings (SSSR count). The first-order valence-electron chi connectivity index (χ1n) is 8.34. The van der Waals surface area contributed by atoms with Crippen LogP contribution in [0.25, 0.3) is 0 Å². The summed E-state index contributed by atoms with van der Waals surface area (Å²) in [5, 5.41) is 6.42. The first-order valence-corrected chi connectivity index (χ1v) is 12.1. The van der Waals surface area contributed by atoms with Gasteiger partial charge in [-0.15, -0.1) is 11.4 Å². The number of para-hydroxylation sites is 2. The molecule has 0 heterocycles. The van der Waals surface area contributed by atoms with Crippen LogP contribution < -0.4 is 113 Å². The first kappa shape index (κ1) is 45.1. The van der Waals surface area contributed by atoms with Gasteiger partial charge in [-0.05, 0) is 38.1 Å². The Labute approximate surface area is 288 Å². The number of hydrogen-bond acceptors (Lipinski definition) is 9. The van der Waals surface area contributed by atoms with Crippen LogP contribution >= 0.6 is 0 Å². The predicted octanol–water partition coefficient (Wildman–Crippen LogP) is -4.06. The largest absolute Gasteiger partial charge is 1.00 e. The summed E-state index contributed by atoms with van der Waals surface area (Å²) in [6.07, 6.45) is 0. The van der Waals surface area contributed by atoms with Crippen molar-refractivity contribution in [2.75, 3.05) is 23.7 Å². The predicted molar refractivity (Wildman–Crippen MR) is 119 cm³/mol. The van der Waals surface area contributed by atoms with E-state index in [1.54, 1.807) is 0 Å². The summed E-state index contributed by atoms with van der Waals surface area (Å²) in [7, 11) is -9.33. The molecule has 0 fully saturated rings. The third kappa shape index (κ3) is 63.9. The topological polar surface area (TPSA) is 236 Å². The van der Waals surface area contributed by atoms with E-state index in [9.17, 15) is 0 Å². The Balaban J connectivity index is -0.000000106. The second-order valence-electron chi connectivity index (χ2n) is 4.89. The van der Waals surface area contributed by atoms with Crippen LogP contribution in [0.2, 0.25) is 0 Å². The van der Waals surface area contributed by atoms with E-state index in [1.165, 1.54) is 11.4 Å². The molecule has 0 unspecified atom stereocenters. The maximum Gasteiger partial charge on any atom is 1.00 e. The molecule has 0 radical (unpaired) electrons. The second kappa shape index (κ2) is 28.7. The van der Waals surface area contributed by atoms with Crippen LogP contribution in [0.1, 0.15) is 13.8 Å². The van der Waals surface area contributed by atoms with Gasteiger partial charge < -0.3 is 19.7 Å². The molecule has 0 aliphatic heterocycles. The Bertz CT molecular complexity index is 830. The fourth-order valence-corrected chi connectivity index (χ4v) is 1.52. The van der Waals surface area contributed by atoms with E-state index >= 15 is 0 Å². The fraction of sp³-hybridized carbons (Fsp3) is 0.250. The maximum absolute atomic E-state index is 8.74. The Morgan fingerprint density at radius 2 is 0.853 bits per heavy atom. The molecule has 0 saturated heterocycles. The molecule has 2 aromatic carbocycles. The SMILES string of the molecule is CCNc1ccccc1.CCNc1ccccc1.O=S(=O)(O)O.O=S(=O)(O)O.O=S([O-])[O-].[K+].[K+]. The van der Waals surface area contributed by atoms with Crippen molar-refractivity contribution >= 4 is 43.5 Å². The van der Waals surface area contributed by atoms with E-state index in [-0.39, 0.29) is 103 Å². The molecule has 0 bridgehead atoms. The van der Waals surface area contributed by atoms with Crippen molar-refractivity contribution in [1.29, 1.82) is 0 Å².